The van der Waals surface area contributed by atoms with Crippen molar-refractivity contribution in [3.05, 3.63) is 33.0 Å². The Morgan fingerprint density at radius 1 is 1.50 bits per heavy atom. The van der Waals surface area contributed by atoms with Crippen LogP contribution in [0.15, 0.2) is 16.6 Å². The lowest BCUT2D eigenvalue weighted by atomic mass is 10.2. The third-order valence-electron chi connectivity index (χ3n) is 1.24. The molecule has 5 heteroatoms. The van der Waals surface area contributed by atoms with Gasteiger partial charge in [-0.3, -0.25) is 4.79 Å². The molecule has 0 saturated carbocycles. The Kier molecular flexibility index (Phi) is 3.09. The molecule has 0 aliphatic heterocycles. The summed E-state index contributed by atoms with van der Waals surface area (Å²) in [5.41, 5.74) is -0.0432. The Labute approximate surface area is 86.6 Å². The second kappa shape index (κ2) is 3.73. The molecule has 0 bridgehead atoms. The maximum atomic E-state index is 12.8. The highest BCUT2D eigenvalue weighted by Gasteiger charge is 2.15. The fourth-order valence-corrected chi connectivity index (χ4v) is 1.94. The lowest BCUT2D eigenvalue weighted by molar-refractivity contribution is 0.108. The van der Waals surface area contributed by atoms with Crippen LogP contribution < -0.4 is 0 Å². The first kappa shape index (κ1) is 9.96. The van der Waals surface area contributed by atoms with Crippen molar-refractivity contribution < 1.29 is 9.18 Å². The highest BCUT2D eigenvalue weighted by atomic mass is 79.9. The molecule has 0 aliphatic carbocycles. The minimum absolute atomic E-state index is 0.0432. The summed E-state index contributed by atoms with van der Waals surface area (Å²) in [6.45, 7) is 0. The van der Waals surface area contributed by atoms with Crippen LogP contribution >= 0.6 is 39.1 Å². The minimum Gasteiger partial charge on any atom is -0.276 e. The molecule has 0 unspecified atom stereocenters. The van der Waals surface area contributed by atoms with Crippen molar-refractivity contribution in [3.8, 4) is 0 Å². The fourth-order valence-electron chi connectivity index (χ4n) is 0.707. The molecule has 0 aliphatic rings. The van der Waals surface area contributed by atoms with Gasteiger partial charge >= 0.3 is 0 Å². The van der Waals surface area contributed by atoms with E-state index in [0.29, 0.717) is 4.47 Å². The average Bonchev–Trinajstić information content (AvgIpc) is 1.97. The third-order valence-corrected chi connectivity index (χ3v) is 2.46. The van der Waals surface area contributed by atoms with Gasteiger partial charge < -0.3 is 0 Å². The van der Waals surface area contributed by atoms with Crippen LogP contribution in [-0.4, -0.2) is 5.24 Å². The second-order valence-corrected chi connectivity index (χ2v) is 3.57. The number of carbonyl (C=O) groups excluding carboxylic acids is 1. The normalized spacial score (nSPS) is 10.0. The van der Waals surface area contributed by atoms with Gasteiger partial charge in [0.25, 0.3) is 5.24 Å². The van der Waals surface area contributed by atoms with Crippen molar-refractivity contribution in [3.63, 3.8) is 0 Å². The molecule has 0 aromatic heterocycles. The molecular weight excluding hydrogens is 270 g/mol. The summed E-state index contributed by atoms with van der Waals surface area (Å²) >= 11 is 13.7. The van der Waals surface area contributed by atoms with E-state index in [1.807, 2.05) is 0 Å². The van der Waals surface area contributed by atoms with Crippen molar-refractivity contribution in [2.75, 3.05) is 0 Å². The van der Waals surface area contributed by atoms with Gasteiger partial charge in [-0.05, 0) is 39.7 Å². The van der Waals surface area contributed by atoms with Crippen molar-refractivity contribution in [1.29, 1.82) is 0 Å². The van der Waals surface area contributed by atoms with Gasteiger partial charge in [0.15, 0.2) is 0 Å². The van der Waals surface area contributed by atoms with E-state index >= 15 is 0 Å². The number of halogens is 4. The van der Waals surface area contributed by atoms with Crippen LogP contribution in [-0.2, 0) is 0 Å². The smallest absolute Gasteiger partial charge is 0.255 e. The summed E-state index contributed by atoms with van der Waals surface area (Å²) in [5, 5.41) is -1.05. The summed E-state index contributed by atoms with van der Waals surface area (Å²) in [6.07, 6.45) is 0. The van der Waals surface area contributed by atoms with E-state index in [1.54, 1.807) is 0 Å². The number of benzene rings is 1. The van der Waals surface area contributed by atoms with Crippen molar-refractivity contribution in [2.24, 2.45) is 0 Å². The molecule has 12 heavy (non-hydrogen) atoms. The quantitative estimate of drug-likeness (QED) is 0.563. The Balaban J connectivity index is 3.43. The van der Waals surface area contributed by atoms with Gasteiger partial charge in [-0.15, -0.1) is 0 Å². The number of carbonyl (C=O) groups is 1. The third kappa shape index (κ3) is 1.79. The van der Waals surface area contributed by atoms with Gasteiger partial charge in [0, 0.05) is 4.47 Å². The summed E-state index contributed by atoms with van der Waals surface area (Å²) < 4.78 is 13.1. The molecule has 0 heterocycles. The maximum Gasteiger partial charge on any atom is 0.255 e. The van der Waals surface area contributed by atoms with Crippen LogP contribution in [0.25, 0.3) is 0 Å². The van der Waals surface area contributed by atoms with E-state index in [4.69, 9.17) is 23.2 Å². The standard InChI is InChI=1S/C7H2BrCl2FO/c8-3-1-2-4(11)6(9)5(3)7(10)12/h1-2H. The number of hydrogen-bond acceptors (Lipinski definition) is 1. The predicted molar refractivity (Wildman–Crippen MR) is 49.3 cm³/mol. The molecule has 0 fully saturated rings. The summed E-state index contributed by atoms with van der Waals surface area (Å²) in [4.78, 5) is 10.7. The van der Waals surface area contributed by atoms with E-state index in [-0.39, 0.29) is 10.6 Å². The predicted octanol–water partition coefficient (Wildman–Crippen LogP) is 3.62. The second-order valence-electron chi connectivity index (χ2n) is 1.99. The zero-order valence-corrected chi connectivity index (χ0v) is 8.67. The SMILES string of the molecule is O=C(Cl)c1c(Br)ccc(F)c1Cl. The molecule has 1 aromatic carbocycles. The van der Waals surface area contributed by atoms with Crippen LogP contribution in [0.5, 0.6) is 0 Å². The van der Waals surface area contributed by atoms with Gasteiger partial charge in [-0.2, -0.15) is 0 Å². The van der Waals surface area contributed by atoms with Crippen molar-refractivity contribution in [1.82, 2.24) is 0 Å². The lowest BCUT2D eigenvalue weighted by Gasteiger charge is -2.01. The molecule has 64 valence electrons. The van der Waals surface area contributed by atoms with Gasteiger partial charge in [0.05, 0.1) is 10.6 Å². The van der Waals surface area contributed by atoms with E-state index in [2.05, 4.69) is 15.9 Å². The zero-order chi connectivity index (χ0) is 9.30. The minimum atomic E-state index is -0.786. The van der Waals surface area contributed by atoms with Crippen molar-refractivity contribution >= 4 is 44.4 Å². The van der Waals surface area contributed by atoms with E-state index in [9.17, 15) is 9.18 Å². The Morgan fingerprint density at radius 3 is 2.50 bits per heavy atom. The lowest BCUT2D eigenvalue weighted by Crippen LogP contribution is -1.94. The topological polar surface area (TPSA) is 17.1 Å². The molecule has 0 radical (unpaired) electrons. The van der Waals surface area contributed by atoms with Crippen LogP contribution in [0.3, 0.4) is 0 Å². The zero-order valence-electron chi connectivity index (χ0n) is 5.57. The Hall–Kier alpha value is -0.120. The summed E-state index contributed by atoms with van der Waals surface area (Å²) in [5.74, 6) is -0.663. The molecule has 0 atom stereocenters. The molecule has 0 saturated heterocycles. The molecular formula is C7H2BrCl2FO. The molecule has 1 rings (SSSR count). The summed E-state index contributed by atoms with van der Waals surface area (Å²) in [7, 11) is 0. The molecule has 0 N–H and O–H groups in total. The first-order chi connectivity index (χ1) is 5.54. The Morgan fingerprint density at radius 2 is 2.08 bits per heavy atom. The van der Waals surface area contributed by atoms with Crippen LogP contribution in [0, 0.1) is 5.82 Å². The van der Waals surface area contributed by atoms with Gasteiger partial charge in [-0.25, -0.2) is 4.39 Å². The summed E-state index contributed by atoms with van der Waals surface area (Å²) in [6, 6.07) is 2.52. The molecule has 0 amide bonds. The average molecular weight is 272 g/mol. The van der Waals surface area contributed by atoms with Crippen LogP contribution in [0.2, 0.25) is 5.02 Å². The molecule has 0 spiro atoms. The number of rotatable bonds is 1. The molecule has 1 nitrogen and oxygen atoms in total. The first-order valence-corrected chi connectivity index (χ1v) is 4.42. The maximum absolute atomic E-state index is 12.8. The molecule has 1 aromatic rings. The van der Waals surface area contributed by atoms with Crippen LogP contribution in [0.4, 0.5) is 4.39 Å². The highest BCUT2D eigenvalue weighted by Crippen LogP contribution is 2.28. The largest absolute Gasteiger partial charge is 0.276 e. The van der Waals surface area contributed by atoms with Crippen molar-refractivity contribution in [2.45, 2.75) is 0 Å². The number of hydrogen-bond donors (Lipinski definition) is 0. The first-order valence-electron chi connectivity index (χ1n) is 2.87. The van der Waals surface area contributed by atoms with E-state index in [1.165, 1.54) is 6.07 Å². The fraction of sp³-hybridized carbons (Fsp3) is 0. The monoisotopic (exact) mass is 270 g/mol. The van der Waals surface area contributed by atoms with Gasteiger partial charge in [0.1, 0.15) is 5.82 Å². The van der Waals surface area contributed by atoms with E-state index < -0.39 is 11.1 Å². The highest BCUT2D eigenvalue weighted by molar-refractivity contribution is 9.10. The van der Waals surface area contributed by atoms with Gasteiger partial charge in [0.2, 0.25) is 0 Å². The van der Waals surface area contributed by atoms with Crippen LogP contribution in [0.1, 0.15) is 10.4 Å². The Bertz CT molecular complexity index is 340. The van der Waals surface area contributed by atoms with E-state index in [0.717, 1.165) is 6.07 Å². The van der Waals surface area contributed by atoms with Gasteiger partial charge in [-0.1, -0.05) is 11.6 Å².